The number of hydrogen-bond donors (Lipinski definition) is 0. The molecule has 0 saturated heterocycles. The fourth-order valence-electron chi connectivity index (χ4n) is 1.23. The van der Waals surface area contributed by atoms with Gasteiger partial charge in [-0.2, -0.15) is 5.26 Å². The number of pyridine rings is 1. The third-order valence-electron chi connectivity index (χ3n) is 1.95. The zero-order valence-electron chi connectivity index (χ0n) is 8.22. The van der Waals surface area contributed by atoms with Crippen molar-refractivity contribution in [2.24, 2.45) is 0 Å². The summed E-state index contributed by atoms with van der Waals surface area (Å²) in [7, 11) is 0. The van der Waals surface area contributed by atoms with Gasteiger partial charge >= 0.3 is 0 Å². The lowest BCUT2D eigenvalue weighted by atomic mass is 10.2. The smallest absolute Gasteiger partial charge is 0.146 e. The van der Waals surface area contributed by atoms with Crippen LogP contribution in [0.4, 0.5) is 0 Å². The SMILES string of the molecule is N#Cc1c(Cl)cccc1Oc1cccnc1. The second kappa shape index (κ2) is 4.65. The topological polar surface area (TPSA) is 45.9 Å². The van der Waals surface area contributed by atoms with Crippen LogP contribution in [0.1, 0.15) is 5.56 Å². The molecule has 0 amide bonds. The van der Waals surface area contributed by atoms with Crippen molar-refractivity contribution in [3.8, 4) is 17.6 Å². The lowest BCUT2D eigenvalue weighted by Crippen LogP contribution is -1.89. The van der Waals surface area contributed by atoms with E-state index in [4.69, 9.17) is 21.6 Å². The summed E-state index contributed by atoms with van der Waals surface area (Å²) < 4.78 is 5.51. The number of aromatic nitrogens is 1. The second-order valence-corrected chi connectivity index (χ2v) is 3.42. The highest BCUT2D eigenvalue weighted by Gasteiger charge is 2.08. The van der Waals surface area contributed by atoms with Gasteiger partial charge in [0.25, 0.3) is 0 Å². The van der Waals surface area contributed by atoms with Crippen LogP contribution >= 0.6 is 11.6 Å². The highest BCUT2D eigenvalue weighted by molar-refractivity contribution is 6.31. The van der Waals surface area contributed by atoms with Crippen LogP contribution in [0.5, 0.6) is 11.5 Å². The second-order valence-electron chi connectivity index (χ2n) is 3.02. The third kappa shape index (κ3) is 2.13. The van der Waals surface area contributed by atoms with Gasteiger partial charge < -0.3 is 4.74 Å². The Balaban J connectivity index is 2.36. The average molecular weight is 231 g/mol. The van der Waals surface area contributed by atoms with Gasteiger partial charge in [0, 0.05) is 6.20 Å². The Labute approximate surface area is 97.9 Å². The van der Waals surface area contributed by atoms with Crippen molar-refractivity contribution in [3.05, 3.63) is 53.3 Å². The van der Waals surface area contributed by atoms with Gasteiger partial charge in [-0.1, -0.05) is 17.7 Å². The molecule has 0 aliphatic heterocycles. The van der Waals surface area contributed by atoms with Gasteiger partial charge in [-0.3, -0.25) is 4.98 Å². The Hall–Kier alpha value is -2.05. The molecular formula is C12H7ClN2O. The maximum Gasteiger partial charge on any atom is 0.146 e. The van der Waals surface area contributed by atoms with Crippen LogP contribution in [0.3, 0.4) is 0 Å². The largest absolute Gasteiger partial charge is 0.454 e. The van der Waals surface area contributed by atoms with Crippen molar-refractivity contribution in [1.29, 1.82) is 5.26 Å². The van der Waals surface area contributed by atoms with E-state index in [0.717, 1.165) is 0 Å². The van der Waals surface area contributed by atoms with Crippen molar-refractivity contribution in [2.45, 2.75) is 0 Å². The Morgan fingerprint density at radius 1 is 1.25 bits per heavy atom. The van der Waals surface area contributed by atoms with Crippen molar-refractivity contribution >= 4 is 11.6 Å². The van der Waals surface area contributed by atoms with E-state index in [9.17, 15) is 0 Å². The first-order valence-electron chi connectivity index (χ1n) is 4.58. The summed E-state index contributed by atoms with van der Waals surface area (Å²) in [6.07, 6.45) is 3.22. The minimum Gasteiger partial charge on any atom is -0.454 e. The van der Waals surface area contributed by atoms with Gasteiger partial charge in [-0.05, 0) is 24.3 Å². The Kier molecular flexibility index (Phi) is 3.04. The molecule has 0 spiro atoms. The van der Waals surface area contributed by atoms with Crippen molar-refractivity contribution < 1.29 is 4.74 Å². The summed E-state index contributed by atoms with van der Waals surface area (Å²) in [5.74, 6) is 1.00. The molecule has 1 aromatic heterocycles. The Morgan fingerprint density at radius 2 is 2.12 bits per heavy atom. The van der Waals surface area contributed by atoms with Crippen LogP contribution in [0.15, 0.2) is 42.7 Å². The molecule has 2 rings (SSSR count). The van der Waals surface area contributed by atoms with Crippen molar-refractivity contribution in [3.63, 3.8) is 0 Å². The third-order valence-corrected chi connectivity index (χ3v) is 2.26. The van der Waals surface area contributed by atoms with E-state index in [1.165, 1.54) is 0 Å². The predicted octanol–water partition coefficient (Wildman–Crippen LogP) is 3.40. The molecule has 78 valence electrons. The van der Waals surface area contributed by atoms with E-state index >= 15 is 0 Å². The fourth-order valence-corrected chi connectivity index (χ4v) is 1.44. The zero-order chi connectivity index (χ0) is 11.4. The number of nitrogens with zero attached hydrogens (tertiary/aromatic N) is 2. The van der Waals surface area contributed by atoms with Crippen LogP contribution < -0.4 is 4.74 Å². The van der Waals surface area contributed by atoms with E-state index in [-0.39, 0.29) is 0 Å². The molecule has 0 atom stereocenters. The van der Waals surface area contributed by atoms with Crippen LogP contribution in [-0.4, -0.2) is 4.98 Å². The zero-order valence-corrected chi connectivity index (χ0v) is 8.98. The first-order chi connectivity index (χ1) is 7.81. The molecule has 0 bridgehead atoms. The maximum absolute atomic E-state index is 8.95. The predicted molar refractivity (Wildman–Crippen MR) is 60.5 cm³/mol. The van der Waals surface area contributed by atoms with Crippen LogP contribution in [-0.2, 0) is 0 Å². The Bertz CT molecular complexity index is 534. The molecule has 2 aromatic rings. The molecule has 0 aliphatic rings. The number of hydrogen-bond acceptors (Lipinski definition) is 3. The number of rotatable bonds is 2. The standard InChI is InChI=1S/C12H7ClN2O/c13-11-4-1-5-12(10(11)7-14)16-9-3-2-6-15-8-9/h1-6,8H. The van der Waals surface area contributed by atoms with Crippen molar-refractivity contribution in [1.82, 2.24) is 4.98 Å². The first-order valence-corrected chi connectivity index (χ1v) is 4.95. The van der Waals surface area contributed by atoms with Gasteiger partial charge in [0.1, 0.15) is 23.1 Å². The molecule has 4 heteroatoms. The van der Waals surface area contributed by atoms with Gasteiger partial charge in [-0.25, -0.2) is 0 Å². The summed E-state index contributed by atoms with van der Waals surface area (Å²) >= 11 is 5.88. The summed E-state index contributed by atoms with van der Waals surface area (Å²) in [5, 5.41) is 9.33. The molecular weight excluding hydrogens is 224 g/mol. The summed E-state index contributed by atoms with van der Waals surface area (Å²) in [6, 6.07) is 10.6. The fraction of sp³-hybridized carbons (Fsp3) is 0. The van der Waals surface area contributed by atoms with E-state index in [1.807, 2.05) is 6.07 Å². The molecule has 0 N–H and O–H groups in total. The first kappa shape index (κ1) is 10.5. The highest BCUT2D eigenvalue weighted by Crippen LogP contribution is 2.29. The molecule has 0 radical (unpaired) electrons. The molecule has 3 nitrogen and oxygen atoms in total. The van der Waals surface area contributed by atoms with Gasteiger partial charge in [0.2, 0.25) is 0 Å². The van der Waals surface area contributed by atoms with Gasteiger partial charge in [0.15, 0.2) is 0 Å². The lowest BCUT2D eigenvalue weighted by Gasteiger charge is -2.07. The summed E-state index contributed by atoms with van der Waals surface area (Å²) in [4.78, 5) is 3.92. The highest BCUT2D eigenvalue weighted by atomic mass is 35.5. The number of halogens is 1. The molecule has 16 heavy (non-hydrogen) atoms. The molecule has 0 saturated carbocycles. The van der Waals surface area contributed by atoms with Crippen LogP contribution in [0, 0.1) is 11.3 Å². The van der Waals surface area contributed by atoms with Gasteiger partial charge in [-0.15, -0.1) is 0 Å². The number of benzene rings is 1. The minimum absolute atomic E-state index is 0.327. The maximum atomic E-state index is 8.95. The van der Waals surface area contributed by atoms with E-state index < -0.39 is 0 Å². The normalized spacial score (nSPS) is 9.50. The lowest BCUT2D eigenvalue weighted by molar-refractivity contribution is 0.479. The summed E-state index contributed by atoms with van der Waals surface area (Å²) in [6.45, 7) is 0. The quantitative estimate of drug-likeness (QED) is 0.794. The molecule has 1 heterocycles. The van der Waals surface area contributed by atoms with Crippen molar-refractivity contribution in [2.75, 3.05) is 0 Å². The molecule has 1 aromatic carbocycles. The molecule has 0 aliphatic carbocycles. The van der Waals surface area contributed by atoms with E-state index in [0.29, 0.717) is 22.1 Å². The molecule has 0 fully saturated rings. The monoisotopic (exact) mass is 230 g/mol. The van der Waals surface area contributed by atoms with Crippen LogP contribution in [0.2, 0.25) is 5.02 Å². The van der Waals surface area contributed by atoms with E-state index in [2.05, 4.69) is 4.98 Å². The van der Waals surface area contributed by atoms with E-state index in [1.54, 1.807) is 42.7 Å². The summed E-state index contributed by atoms with van der Waals surface area (Å²) in [5.41, 5.74) is 0.327. The molecule has 0 unspecified atom stereocenters. The number of nitriles is 1. The van der Waals surface area contributed by atoms with Gasteiger partial charge in [0.05, 0.1) is 11.2 Å². The Morgan fingerprint density at radius 3 is 2.81 bits per heavy atom. The number of ether oxygens (including phenoxy) is 1. The van der Waals surface area contributed by atoms with Crippen LogP contribution in [0.25, 0.3) is 0 Å². The minimum atomic E-state index is 0.327. The average Bonchev–Trinajstić information content (AvgIpc) is 2.31.